The molecule has 5 heteroatoms. The van der Waals surface area contributed by atoms with Crippen molar-refractivity contribution >= 4 is 11.9 Å². The van der Waals surface area contributed by atoms with Crippen LogP contribution in [0.25, 0.3) is 0 Å². The van der Waals surface area contributed by atoms with Gasteiger partial charge in [-0.1, -0.05) is 6.07 Å². The average molecular weight is 260 g/mol. The smallest absolute Gasteiger partial charge is 0.308 e. The van der Waals surface area contributed by atoms with Crippen LogP contribution in [0.15, 0.2) is 24.4 Å². The zero-order valence-corrected chi connectivity index (χ0v) is 10.5. The maximum atomic E-state index is 12.3. The van der Waals surface area contributed by atoms with Crippen molar-refractivity contribution in [2.75, 3.05) is 0 Å². The van der Waals surface area contributed by atoms with Gasteiger partial charge in [0.15, 0.2) is 0 Å². The van der Waals surface area contributed by atoms with Gasteiger partial charge in [-0.3, -0.25) is 14.6 Å². The van der Waals surface area contributed by atoms with Crippen LogP contribution in [0.2, 0.25) is 0 Å². The molecular weight excluding hydrogens is 244 g/mol. The second kappa shape index (κ2) is 4.64. The minimum absolute atomic E-state index is 0.00921. The molecule has 1 aromatic rings. The van der Waals surface area contributed by atoms with E-state index in [0.29, 0.717) is 6.42 Å². The number of rotatable bonds is 3. The van der Waals surface area contributed by atoms with Gasteiger partial charge in [-0.2, -0.15) is 0 Å². The highest BCUT2D eigenvalue weighted by molar-refractivity contribution is 5.82. The van der Waals surface area contributed by atoms with Crippen molar-refractivity contribution in [3.63, 3.8) is 0 Å². The van der Waals surface area contributed by atoms with Crippen LogP contribution in [0.3, 0.4) is 0 Å². The number of nitrogens with zero attached hydrogens (tertiary/aromatic N) is 2. The molecule has 0 aromatic carbocycles. The lowest BCUT2D eigenvalue weighted by atomic mass is 9.89. The molecule has 3 unspecified atom stereocenters. The first-order valence-corrected chi connectivity index (χ1v) is 6.60. The number of amides is 1. The van der Waals surface area contributed by atoms with Crippen LogP contribution in [-0.2, 0) is 16.0 Å². The van der Waals surface area contributed by atoms with Crippen LogP contribution < -0.4 is 0 Å². The average Bonchev–Trinajstić information content (AvgIpc) is 2.97. The highest BCUT2D eigenvalue weighted by atomic mass is 16.4. The quantitative estimate of drug-likeness (QED) is 0.883. The molecule has 5 nitrogen and oxygen atoms in total. The fourth-order valence-corrected chi connectivity index (χ4v) is 3.39. The van der Waals surface area contributed by atoms with Crippen LogP contribution in [0.4, 0.5) is 0 Å². The molecule has 2 fully saturated rings. The summed E-state index contributed by atoms with van der Waals surface area (Å²) < 4.78 is 0. The van der Waals surface area contributed by atoms with E-state index in [1.54, 1.807) is 11.1 Å². The molecule has 0 saturated carbocycles. The minimum atomic E-state index is -0.775. The van der Waals surface area contributed by atoms with E-state index in [-0.39, 0.29) is 30.3 Å². The zero-order chi connectivity index (χ0) is 13.4. The minimum Gasteiger partial charge on any atom is -0.481 e. The number of pyridine rings is 1. The normalized spacial score (nSPS) is 28.6. The first-order chi connectivity index (χ1) is 9.16. The van der Waals surface area contributed by atoms with Crippen molar-refractivity contribution in [3.05, 3.63) is 30.1 Å². The fraction of sp³-hybridized carbons (Fsp3) is 0.500. The summed E-state index contributed by atoms with van der Waals surface area (Å²) in [5.74, 6) is -1.15. The Morgan fingerprint density at radius 1 is 1.37 bits per heavy atom. The summed E-state index contributed by atoms with van der Waals surface area (Å²) >= 11 is 0. The largest absolute Gasteiger partial charge is 0.481 e. The van der Waals surface area contributed by atoms with E-state index in [4.69, 9.17) is 0 Å². The van der Waals surface area contributed by atoms with Crippen molar-refractivity contribution in [2.24, 2.45) is 5.92 Å². The van der Waals surface area contributed by atoms with E-state index in [1.807, 2.05) is 18.2 Å². The molecule has 3 rings (SSSR count). The molecule has 100 valence electrons. The van der Waals surface area contributed by atoms with Crippen LogP contribution in [0.5, 0.6) is 0 Å². The van der Waals surface area contributed by atoms with Crippen LogP contribution in [-0.4, -0.2) is 39.0 Å². The fourth-order valence-electron chi connectivity index (χ4n) is 3.39. The van der Waals surface area contributed by atoms with E-state index in [2.05, 4.69) is 4.98 Å². The van der Waals surface area contributed by atoms with E-state index >= 15 is 0 Å². The number of fused-ring (bicyclic) bond motifs is 2. The topological polar surface area (TPSA) is 70.5 Å². The summed E-state index contributed by atoms with van der Waals surface area (Å²) in [4.78, 5) is 29.5. The number of hydrogen-bond acceptors (Lipinski definition) is 3. The lowest BCUT2D eigenvalue weighted by Gasteiger charge is -2.22. The van der Waals surface area contributed by atoms with Gasteiger partial charge in [0, 0.05) is 24.0 Å². The van der Waals surface area contributed by atoms with Gasteiger partial charge in [-0.05, 0) is 31.4 Å². The summed E-state index contributed by atoms with van der Waals surface area (Å²) in [6.07, 6.45) is 4.29. The maximum absolute atomic E-state index is 12.3. The molecule has 3 atom stereocenters. The molecule has 0 radical (unpaired) electrons. The second-order valence-electron chi connectivity index (χ2n) is 5.28. The lowest BCUT2D eigenvalue weighted by Crippen LogP contribution is -2.38. The Morgan fingerprint density at radius 2 is 2.21 bits per heavy atom. The Labute approximate surface area is 111 Å². The number of carboxylic acids is 1. The Morgan fingerprint density at radius 3 is 2.84 bits per heavy atom. The Kier molecular flexibility index (Phi) is 2.97. The van der Waals surface area contributed by atoms with Crippen LogP contribution in [0.1, 0.15) is 25.0 Å². The molecule has 19 heavy (non-hydrogen) atoms. The number of aliphatic carboxylic acids is 1. The summed E-state index contributed by atoms with van der Waals surface area (Å²) in [5.41, 5.74) is 0.741. The van der Waals surface area contributed by atoms with Gasteiger partial charge in [0.05, 0.1) is 12.3 Å². The predicted molar refractivity (Wildman–Crippen MR) is 67.3 cm³/mol. The van der Waals surface area contributed by atoms with E-state index < -0.39 is 5.97 Å². The number of aromatic nitrogens is 1. The Bertz CT molecular complexity index is 503. The molecule has 0 aliphatic carbocycles. The first-order valence-electron chi connectivity index (χ1n) is 6.60. The van der Waals surface area contributed by atoms with Crippen molar-refractivity contribution in [1.29, 1.82) is 0 Å². The third-order valence-electron chi connectivity index (χ3n) is 4.20. The van der Waals surface area contributed by atoms with Gasteiger partial charge < -0.3 is 10.0 Å². The first kappa shape index (κ1) is 12.1. The maximum Gasteiger partial charge on any atom is 0.308 e. The van der Waals surface area contributed by atoms with Gasteiger partial charge in [-0.25, -0.2) is 0 Å². The standard InChI is InChI=1S/C14H16N2O3/c17-13(7-9-3-1-2-6-15-9)16-10-4-5-12(16)11(8-10)14(18)19/h1-3,6,10-12H,4-5,7-8H2,(H,18,19). The molecule has 2 aliphatic heterocycles. The van der Waals surface area contributed by atoms with Gasteiger partial charge >= 0.3 is 5.97 Å². The summed E-state index contributed by atoms with van der Waals surface area (Å²) in [5, 5.41) is 9.17. The van der Waals surface area contributed by atoms with Gasteiger partial charge in [-0.15, -0.1) is 0 Å². The third-order valence-corrected chi connectivity index (χ3v) is 4.20. The van der Waals surface area contributed by atoms with Crippen molar-refractivity contribution in [2.45, 2.75) is 37.8 Å². The van der Waals surface area contributed by atoms with Crippen LogP contribution in [0, 0.1) is 5.92 Å². The Balaban J connectivity index is 1.73. The molecule has 1 N–H and O–H groups in total. The van der Waals surface area contributed by atoms with Gasteiger partial charge in [0.2, 0.25) is 5.91 Å². The number of hydrogen-bond donors (Lipinski definition) is 1. The van der Waals surface area contributed by atoms with Crippen molar-refractivity contribution in [3.8, 4) is 0 Å². The van der Waals surface area contributed by atoms with E-state index in [9.17, 15) is 14.7 Å². The third kappa shape index (κ3) is 2.09. The molecule has 1 aromatic heterocycles. The second-order valence-corrected chi connectivity index (χ2v) is 5.28. The Hall–Kier alpha value is -1.91. The molecule has 0 spiro atoms. The van der Waals surface area contributed by atoms with Crippen molar-refractivity contribution in [1.82, 2.24) is 9.88 Å². The zero-order valence-electron chi connectivity index (χ0n) is 10.5. The molecule has 1 amide bonds. The highest BCUT2D eigenvalue weighted by Gasteiger charge is 2.51. The van der Waals surface area contributed by atoms with Crippen molar-refractivity contribution < 1.29 is 14.7 Å². The summed E-state index contributed by atoms with van der Waals surface area (Å²) in [6, 6.07) is 5.49. The van der Waals surface area contributed by atoms with E-state index in [1.165, 1.54) is 0 Å². The monoisotopic (exact) mass is 260 g/mol. The highest BCUT2D eigenvalue weighted by Crippen LogP contribution is 2.42. The number of carbonyl (C=O) groups excluding carboxylic acids is 1. The molecule has 2 bridgehead atoms. The van der Waals surface area contributed by atoms with Crippen LogP contribution >= 0.6 is 0 Å². The summed E-state index contributed by atoms with van der Waals surface area (Å²) in [7, 11) is 0. The SMILES string of the molecule is O=C(O)C1CC2CCC1N2C(=O)Cc1ccccn1. The van der Waals surface area contributed by atoms with E-state index in [0.717, 1.165) is 18.5 Å². The molecular formula is C14H16N2O3. The molecule has 2 aliphatic rings. The molecule has 2 saturated heterocycles. The van der Waals surface area contributed by atoms with Gasteiger partial charge in [0.1, 0.15) is 0 Å². The summed E-state index contributed by atoms with van der Waals surface area (Å²) in [6.45, 7) is 0. The molecule has 3 heterocycles. The predicted octanol–water partition coefficient (Wildman–Crippen LogP) is 1.09. The number of carbonyl (C=O) groups is 2. The lowest BCUT2D eigenvalue weighted by molar-refractivity contribution is -0.143. The number of carboxylic acid groups (broad SMARTS) is 1. The van der Waals surface area contributed by atoms with Gasteiger partial charge in [0.25, 0.3) is 0 Å².